The van der Waals surface area contributed by atoms with E-state index in [1.807, 2.05) is 69.6 Å². The largest absolute Gasteiger partial charge is 0.464 e. The van der Waals surface area contributed by atoms with Gasteiger partial charge in [-0.15, -0.1) is 0 Å². The van der Waals surface area contributed by atoms with Crippen LogP contribution in [-0.2, 0) is 29.0 Å². The average Bonchev–Trinajstić information content (AvgIpc) is 3.10. The van der Waals surface area contributed by atoms with E-state index < -0.39 is 5.82 Å². The summed E-state index contributed by atoms with van der Waals surface area (Å²) in [6.45, 7) is 6.27. The molecule has 0 bridgehead atoms. The molecule has 3 aromatic carbocycles. The van der Waals surface area contributed by atoms with E-state index in [0.29, 0.717) is 63.6 Å². The molecule has 1 atom stereocenters. The van der Waals surface area contributed by atoms with Gasteiger partial charge in [0.05, 0.1) is 12.2 Å². The highest BCUT2D eigenvalue weighted by atomic mass is 19.1. The first-order valence-electron chi connectivity index (χ1n) is 16.3. The lowest BCUT2D eigenvalue weighted by molar-refractivity contribution is 0.0485. The molecule has 12 heteroatoms. The van der Waals surface area contributed by atoms with E-state index in [2.05, 4.69) is 14.7 Å². The van der Waals surface area contributed by atoms with Gasteiger partial charge in [-0.25, -0.2) is 9.18 Å². The highest BCUT2D eigenvalue weighted by Crippen LogP contribution is 2.38. The number of benzene rings is 3. The average molecular weight is 659 g/mol. The maximum Gasteiger partial charge on any atom is 0.410 e. The molecule has 11 nitrogen and oxygen atoms in total. The van der Waals surface area contributed by atoms with E-state index in [9.17, 15) is 4.79 Å². The van der Waals surface area contributed by atoms with E-state index in [1.165, 1.54) is 7.11 Å². The van der Waals surface area contributed by atoms with Gasteiger partial charge >= 0.3 is 12.1 Å². The number of halogens is 1. The molecule has 2 aliphatic rings. The summed E-state index contributed by atoms with van der Waals surface area (Å²) in [6.07, 6.45) is 0.224. The Morgan fingerprint density at radius 2 is 1.69 bits per heavy atom. The third-order valence-corrected chi connectivity index (χ3v) is 8.59. The number of nitrogens with zero attached hydrogens (tertiary/aromatic N) is 6. The van der Waals surface area contributed by atoms with Crippen LogP contribution in [0, 0.1) is 5.82 Å². The van der Waals surface area contributed by atoms with Crippen LogP contribution >= 0.6 is 0 Å². The molecule has 254 valence electrons. The fraction of sp³-hybridized carbons (Fsp3) is 0.417. The number of piperazine rings is 1. The van der Waals surface area contributed by atoms with Crippen molar-refractivity contribution in [3.05, 3.63) is 83.3 Å². The molecule has 6 rings (SSSR count). The second-order valence-corrected chi connectivity index (χ2v) is 12.4. The van der Waals surface area contributed by atoms with Crippen LogP contribution in [0.3, 0.4) is 0 Å². The number of carbonyl (C=O) groups excluding carboxylic acids is 1. The topological polar surface area (TPSA) is 92.7 Å². The molecule has 1 saturated heterocycles. The lowest BCUT2D eigenvalue weighted by atomic mass is 10.0. The summed E-state index contributed by atoms with van der Waals surface area (Å²) in [7, 11) is 5.51. The zero-order valence-electron chi connectivity index (χ0n) is 28.0. The molecule has 0 N–H and O–H groups in total. The Hall–Kier alpha value is -4.68. The van der Waals surface area contributed by atoms with Crippen molar-refractivity contribution in [3.8, 4) is 11.8 Å². The van der Waals surface area contributed by atoms with Crippen molar-refractivity contribution in [2.75, 3.05) is 77.1 Å². The first kappa shape index (κ1) is 33.2. The molecule has 3 heterocycles. The predicted molar refractivity (Wildman–Crippen MR) is 182 cm³/mol. The van der Waals surface area contributed by atoms with Gasteiger partial charge in [0, 0.05) is 74.5 Å². The van der Waals surface area contributed by atoms with Crippen LogP contribution in [-0.4, -0.2) is 99.2 Å². The first-order valence-corrected chi connectivity index (χ1v) is 16.3. The van der Waals surface area contributed by atoms with Crippen molar-refractivity contribution in [3.63, 3.8) is 0 Å². The van der Waals surface area contributed by atoms with Crippen molar-refractivity contribution in [2.24, 2.45) is 0 Å². The molecule has 1 unspecified atom stereocenters. The number of ether oxygens (including phenoxy) is 4. The Balaban J connectivity index is 1.25. The fourth-order valence-corrected chi connectivity index (χ4v) is 6.34. The van der Waals surface area contributed by atoms with Gasteiger partial charge in [0.15, 0.2) is 18.4 Å². The summed E-state index contributed by atoms with van der Waals surface area (Å²) in [4.78, 5) is 31.0. The highest BCUT2D eigenvalue weighted by Gasteiger charge is 2.30. The number of anilines is 2. The molecule has 0 aliphatic carbocycles. The SMILES string of the molecule is COCOc1cc(N2CCc3c(nc(OC(C)CN(C)C)nc3N3CCN(C(=O)OCc4ccccc4)CC3)C2)c2ccccc2c1F. The highest BCUT2D eigenvalue weighted by molar-refractivity contribution is 5.96. The predicted octanol–water partition coefficient (Wildman–Crippen LogP) is 5.10. The van der Waals surface area contributed by atoms with Crippen LogP contribution in [0.4, 0.5) is 20.7 Å². The Kier molecular flexibility index (Phi) is 10.4. The molecule has 1 fully saturated rings. The number of aromatic nitrogens is 2. The number of rotatable bonds is 11. The maximum absolute atomic E-state index is 15.4. The Labute approximate surface area is 280 Å². The molecule has 0 radical (unpaired) electrons. The minimum atomic E-state index is -0.415. The van der Waals surface area contributed by atoms with E-state index in [-0.39, 0.29) is 31.3 Å². The fourth-order valence-electron chi connectivity index (χ4n) is 6.34. The van der Waals surface area contributed by atoms with Gasteiger partial charge in [0.2, 0.25) is 0 Å². The Morgan fingerprint density at radius 1 is 0.958 bits per heavy atom. The number of hydrogen-bond donors (Lipinski definition) is 0. The van der Waals surface area contributed by atoms with Crippen molar-refractivity contribution in [1.82, 2.24) is 19.8 Å². The quantitative estimate of drug-likeness (QED) is 0.203. The first-order chi connectivity index (χ1) is 23.3. The summed E-state index contributed by atoms with van der Waals surface area (Å²) in [5, 5.41) is 1.28. The minimum Gasteiger partial charge on any atom is -0.464 e. The molecular weight excluding hydrogens is 615 g/mol. The Morgan fingerprint density at radius 3 is 2.42 bits per heavy atom. The molecule has 1 amide bonds. The summed E-state index contributed by atoms with van der Waals surface area (Å²) in [5.74, 6) is 0.556. The summed E-state index contributed by atoms with van der Waals surface area (Å²) >= 11 is 0. The summed E-state index contributed by atoms with van der Waals surface area (Å²) < 4.78 is 38.0. The molecule has 0 spiro atoms. The van der Waals surface area contributed by atoms with Gasteiger partial charge in [-0.05, 0) is 33.0 Å². The van der Waals surface area contributed by atoms with Crippen LogP contribution in [0.15, 0.2) is 60.7 Å². The lowest BCUT2D eigenvalue weighted by Gasteiger charge is -2.38. The maximum atomic E-state index is 15.4. The lowest BCUT2D eigenvalue weighted by Crippen LogP contribution is -2.49. The van der Waals surface area contributed by atoms with Crippen molar-refractivity contribution >= 4 is 28.4 Å². The van der Waals surface area contributed by atoms with Gasteiger partial charge in [-0.3, -0.25) is 0 Å². The number of carbonyl (C=O) groups is 1. The number of fused-ring (bicyclic) bond motifs is 2. The van der Waals surface area contributed by atoms with Crippen molar-refractivity contribution < 1.29 is 28.1 Å². The van der Waals surface area contributed by atoms with E-state index >= 15 is 4.39 Å². The van der Waals surface area contributed by atoms with Crippen LogP contribution in [0.25, 0.3) is 10.8 Å². The van der Waals surface area contributed by atoms with Gasteiger partial charge in [-0.1, -0.05) is 54.6 Å². The summed E-state index contributed by atoms with van der Waals surface area (Å²) in [5.41, 5.74) is 3.72. The number of methoxy groups -OCH3 is 1. The smallest absolute Gasteiger partial charge is 0.410 e. The summed E-state index contributed by atoms with van der Waals surface area (Å²) in [6, 6.07) is 19.2. The van der Waals surface area contributed by atoms with Gasteiger partial charge in [-0.2, -0.15) is 9.97 Å². The Bertz CT molecular complexity index is 1720. The standard InChI is InChI=1S/C36H43FN6O5/c1-25(21-40(2)3)48-35-38-30-22-43(31-20-32(47-24-45-4)33(37)28-13-9-8-12-27(28)31)15-14-29(30)34(39-35)41-16-18-42(19-17-41)36(44)46-23-26-10-6-5-7-11-26/h5-13,20,25H,14-19,21-24H2,1-4H3. The normalized spacial score (nSPS) is 15.4. The number of amides is 1. The molecule has 1 aromatic heterocycles. The zero-order valence-corrected chi connectivity index (χ0v) is 28.0. The molecule has 2 aliphatic heterocycles. The second kappa shape index (κ2) is 15.0. The molecule has 4 aromatic rings. The number of likely N-dealkylation sites (N-methyl/N-ethyl adjacent to an activating group) is 1. The third-order valence-electron chi connectivity index (χ3n) is 8.59. The van der Waals surface area contributed by atoms with Crippen molar-refractivity contribution in [2.45, 2.75) is 32.6 Å². The van der Waals surface area contributed by atoms with E-state index in [4.69, 9.17) is 28.9 Å². The second-order valence-electron chi connectivity index (χ2n) is 12.4. The molecule has 0 saturated carbocycles. The van der Waals surface area contributed by atoms with Crippen LogP contribution in [0.1, 0.15) is 23.7 Å². The van der Waals surface area contributed by atoms with E-state index in [0.717, 1.165) is 33.7 Å². The minimum absolute atomic E-state index is 0.0576. The zero-order chi connectivity index (χ0) is 33.6. The van der Waals surface area contributed by atoms with Crippen LogP contribution < -0.4 is 19.3 Å². The monoisotopic (exact) mass is 658 g/mol. The molecule has 48 heavy (non-hydrogen) atoms. The van der Waals surface area contributed by atoms with Gasteiger partial charge in [0.25, 0.3) is 0 Å². The van der Waals surface area contributed by atoms with Gasteiger partial charge < -0.3 is 38.5 Å². The number of hydrogen-bond acceptors (Lipinski definition) is 10. The van der Waals surface area contributed by atoms with Gasteiger partial charge in [0.1, 0.15) is 18.5 Å². The molecular formula is C36H43FN6O5. The van der Waals surface area contributed by atoms with Crippen LogP contribution in [0.2, 0.25) is 0 Å². The van der Waals surface area contributed by atoms with Crippen molar-refractivity contribution in [1.29, 1.82) is 0 Å². The van der Waals surface area contributed by atoms with Crippen LogP contribution in [0.5, 0.6) is 11.8 Å². The third kappa shape index (κ3) is 7.55. The van der Waals surface area contributed by atoms with E-state index in [1.54, 1.807) is 17.0 Å².